The van der Waals surface area contributed by atoms with E-state index in [1.54, 1.807) is 11.9 Å². The quantitative estimate of drug-likeness (QED) is 0.859. The minimum absolute atomic E-state index is 0.0195. The van der Waals surface area contributed by atoms with E-state index in [0.717, 1.165) is 19.4 Å². The van der Waals surface area contributed by atoms with Gasteiger partial charge in [0.1, 0.15) is 6.04 Å². The Bertz CT molecular complexity index is 360. The minimum atomic E-state index is -0.236. The molecule has 2 fully saturated rings. The van der Waals surface area contributed by atoms with Gasteiger partial charge in [0.25, 0.3) is 0 Å². The number of carbonyl (C=O) groups is 2. The van der Waals surface area contributed by atoms with Gasteiger partial charge in [-0.25, -0.2) is 0 Å². The fraction of sp³-hybridized carbons (Fsp3) is 0.895. The molecular weight excluding hydrogens is 288 g/mol. The Morgan fingerprint density at radius 2 is 1.52 bits per heavy atom. The summed E-state index contributed by atoms with van der Waals surface area (Å²) in [5.74, 6) is 2.61. The number of likely N-dealkylation sites (tertiary alicyclic amines) is 1. The highest BCUT2D eigenvalue weighted by Crippen LogP contribution is 2.47. The van der Waals surface area contributed by atoms with Crippen molar-refractivity contribution < 1.29 is 9.59 Å². The zero-order valence-electron chi connectivity index (χ0n) is 16.5. The highest BCUT2D eigenvalue weighted by atomic mass is 16.2. The van der Waals surface area contributed by atoms with E-state index in [-0.39, 0.29) is 17.9 Å². The molecule has 2 unspecified atom stereocenters. The SMILES string of the molecule is CC.CC.CNC(=O)[C@@H]1CCCN1C(=O)CC1C(C)C(C)C1C. The second kappa shape index (κ2) is 10.7. The Balaban J connectivity index is 0.00000112. The molecule has 0 aromatic carbocycles. The molecule has 1 saturated heterocycles. The second-order valence-electron chi connectivity index (χ2n) is 6.30. The molecule has 1 aliphatic heterocycles. The van der Waals surface area contributed by atoms with Gasteiger partial charge in [0.05, 0.1) is 0 Å². The Morgan fingerprint density at radius 1 is 1.00 bits per heavy atom. The molecule has 0 spiro atoms. The van der Waals surface area contributed by atoms with Crippen molar-refractivity contribution in [3.63, 3.8) is 0 Å². The number of rotatable bonds is 3. The predicted molar refractivity (Wildman–Crippen MR) is 97.1 cm³/mol. The van der Waals surface area contributed by atoms with Crippen molar-refractivity contribution in [2.75, 3.05) is 13.6 Å². The lowest BCUT2D eigenvalue weighted by Crippen LogP contribution is -2.48. The van der Waals surface area contributed by atoms with Crippen LogP contribution in [0.4, 0.5) is 0 Å². The normalized spacial score (nSPS) is 31.8. The lowest BCUT2D eigenvalue weighted by atomic mass is 9.58. The Hall–Kier alpha value is -1.06. The summed E-state index contributed by atoms with van der Waals surface area (Å²) in [5.41, 5.74) is 0. The van der Waals surface area contributed by atoms with Gasteiger partial charge in [0, 0.05) is 20.0 Å². The van der Waals surface area contributed by atoms with Gasteiger partial charge in [-0.05, 0) is 36.5 Å². The number of amides is 2. The summed E-state index contributed by atoms with van der Waals surface area (Å²) in [7, 11) is 1.64. The average Bonchev–Trinajstić information content (AvgIpc) is 3.11. The molecule has 136 valence electrons. The highest BCUT2D eigenvalue weighted by molar-refractivity contribution is 5.88. The first-order valence-electron chi connectivity index (χ1n) is 9.48. The molecule has 4 nitrogen and oxygen atoms in total. The maximum atomic E-state index is 12.4. The Labute approximate surface area is 143 Å². The van der Waals surface area contributed by atoms with Crippen LogP contribution in [0, 0.1) is 23.7 Å². The molecule has 0 aromatic heterocycles. The molecule has 1 N–H and O–H groups in total. The predicted octanol–water partition coefficient (Wildman–Crippen LogP) is 3.70. The molecule has 0 radical (unpaired) electrons. The van der Waals surface area contributed by atoms with Crippen LogP contribution in [0.15, 0.2) is 0 Å². The summed E-state index contributed by atoms with van der Waals surface area (Å²) in [6.45, 7) is 15.5. The molecule has 0 bridgehead atoms. The van der Waals surface area contributed by atoms with E-state index < -0.39 is 0 Å². The van der Waals surface area contributed by atoms with Crippen LogP contribution in [0.5, 0.6) is 0 Å². The molecule has 2 aliphatic rings. The van der Waals surface area contributed by atoms with Crippen LogP contribution in [0.2, 0.25) is 0 Å². The smallest absolute Gasteiger partial charge is 0.242 e. The molecule has 1 aliphatic carbocycles. The first-order valence-corrected chi connectivity index (χ1v) is 9.48. The Kier molecular flexibility index (Phi) is 10.2. The molecule has 2 amide bonds. The topological polar surface area (TPSA) is 49.4 Å². The summed E-state index contributed by atoms with van der Waals surface area (Å²) < 4.78 is 0. The molecular formula is C19H38N2O2. The molecule has 1 saturated carbocycles. The third-order valence-electron chi connectivity index (χ3n) is 5.54. The van der Waals surface area contributed by atoms with Crippen molar-refractivity contribution in [3.05, 3.63) is 0 Å². The number of carbonyl (C=O) groups excluding carboxylic acids is 2. The summed E-state index contributed by atoms with van der Waals surface area (Å²) in [5, 5.41) is 2.66. The number of likely N-dealkylation sites (N-methyl/N-ethyl adjacent to an activating group) is 1. The van der Waals surface area contributed by atoms with Crippen LogP contribution in [-0.4, -0.2) is 36.3 Å². The van der Waals surface area contributed by atoms with Crippen LogP contribution >= 0.6 is 0 Å². The van der Waals surface area contributed by atoms with E-state index in [2.05, 4.69) is 26.1 Å². The summed E-state index contributed by atoms with van der Waals surface area (Å²) in [4.78, 5) is 26.0. The number of nitrogens with one attached hydrogen (secondary N) is 1. The van der Waals surface area contributed by atoms with E-state index in [9.17, 15) is 9.59 Å². The van der Waals surface area contributed by atoms with E-state index in [1.165, 1.54) is 0 Å². The van der Waals surface area contributed by atoms with E-state index in [4.69, 9.17) is 0 Å². The van der Waals surface area contributed by atoms with Crippen molar-refractivity contribution in [2.24, 2.45) is 23.7 Å². The number of hydrogen-bond acceptors (Lipinski definition) is 2. The van der Waals surface area contributed by atoms with Gasteiger partial charge in [-0.1, -0.05) is 48.5 Å². The van der Waals surface area contributed by atoms with Crippen molar-refractivity contribution in [2.45, 2.75) is 73.8 Å². The maximum Gasteiger partial charge on any atom is 0.242 e. The highest BCUT2D eigenvalue weighted by Gasteiger charge is 2.44. The van der Waals surface area contributed by atoms with Gasteiger partial charge in [0.15, 0.2) is 0 Å². The van der Waals surface area contributed by atoms with Crippen LogP contribution in [0.25, 0.3) is 0 Å². The first kappa shape index (κ1) is 21.9. The average molecular weight is 327 g/mol. The van der Waals surface area contributed by atoms with Crippen LogP contribution in [0.1, 0.15) is 67.7 Å². The molecule has 2 rings (SSSR count). The minimum Gasteiger partial charge on any atom is -0.357 e. The monoisotopic (exact) mass is 326 g/mol. The van der Waals surface area contributed by atoms with Crippen LogP contribution < -0.4 is 5.32 Å². The molecule has 1 heterocycles. The van der Waals surface area contributed by atoms with E-state index in [0.29, 0.717) is 30.1 Å². The third kappa shape index (κ3) is 4.95. The van der Waals surface area contributed by atoms with Gasteiger partial charge in [-0.15, -0.1) is 0 Å². The first-order chi connectivity index (χ1) is 11.0. The summed E-state index contributed by atoms with van der Waals surface area (Å²) >= 11 is 0. The molecule has 4 heteroatoms. The standard InChI is InChI=1S/C15H26N2O2.2C2H6/c1-9-10(2)12(11(9)3)8-14(18)17-7-5-6-13(17)15(19)16-4;2*1-2/h9-13H,5-8H2,1-4H3,(H,16,19);2*1-2H3/t9?,10?,11?,12?,13-;;/m0../s1. The van der Waals surface area contributed by atoms with Crippen molar-refractivity contribution in [1.82, 2.24) is 10.2 Å². The third-order valence-corrected chi connectivity index (χ3v) is 5.54. The lowest BCUT2D eigenvalue weighted by molar-refractivity contribution is -0.141. The fourth-order valence-electron chi connectivity index (χ4n) is 3.79. The van der Waals surface area contributed by atoms with Gasteiger partial charge < -0.3 is 10.2 Å². The van der Waals surface area contributed by atoms with E-state index in [1.807, 2.05) is 27.7 Å². The summed E-state index contributed by atoms with van der Waals surface area (Å²) in [6, 6.07) is -0.236. The van der Waals surface area contributed by atoms with Crippen molar-refractivity contribution >= 4 is 11.8 Å². The molecule has 23 heavy (non-hydrogen) atoms. The van der Waals surface area contributed by atoms with Crippen molar-refractivity contribution in [3.8, 4) is 0 Å². The summed E-state index contributed by atoms with van der Waals surface area (Å²) in [6.07, 6.45) is 2.35. The zero-order valence-corrected chi connectivity index (χ0v) is 16.5. The maximum absolute atomic E-state index is 12.4. The fourth-order valence-corrected chi connectivity index (χ4v) is 3.79. The largest absolute Gasteiger partial charge is 0.357 e. The second-order valence-corrected chi connectivity index (χ2v) is 6.30. The van der Waals surface area contributed by atoms with Gasteiger partial charge in [-0.2, -0.15) is 0 Å². The van der Waals surface area contributed by atoms with E-state index >= 15 is 0 Å². The number of hydrogen-bond donors (Lipinski definition) is 1. The zero-order chi connectivity index (χ0) is 18.2. The van der Waals surface area contributed by atoms with Crippen LogP contribution in [0.3, 0.4) is 0 Å². The van der Waals surface area contributed by atoms with Gasteiger partial charge in [0.2, 0.25) is 11.8 Å². The molecule has 3 atom stereocenters. The van der Waals surface area contributed by atoms with Crippen LogP contribution in [-0.2, 0) is 9.59 Å². The lowest BCUT2D eigenvalue weighted by Gasteiger charge is -2.48. The number of nitrogens with zero attached hydrogens (tertiary/aromatic N) is 1. The van der Waals surface area contributed by atoms with Gasteiger partial charge in [-0.3, -0.25) is 9.59 Å². The Morgan fingerprint density at radius 3 is 2.00 bits per heavy atom. The van der Waals surface area contributed by atoms with Crippen molar-refractivity contribution in [1.29, 1.82) is 0 Å². The molecule has 0 aromatic rings. The van der Waals surface area contributed by atoms with Gasteiger partial charge >= 0.3 is 0 Å².